The minimum Gasteiger partial charge on any atom is -0.356 e. The Kier molecular flexibility index (Phi) is 8.67. The van der Waals surface area contributed by atoms with Crippen molar-refractivity contribution in [2.75, 3.05) is 44.7 Å². The first-order valence-corrected chi connectivity index (χ1v) is 10.7. The van der Waals surface area contributed by atoms with Crippen LogP contribution in [0.1, 0.15) is 28.3 Å². The average Bonchev–Trinajstić information content (AvgIpc) is 3.25. The largest absolute Gasteiger partial charge is 0.356 e. The predicted molar refractivity (Wildman–Crippen MR) is 125 cm³/mol. The second-order valence-corrected chi connectivity index (χ2v) is 8.30. The first-order valence-electron chi connectivity index (χ1n) is 9.06. The Morgan fingerprint density at radius 3 is 2.48 bits per heavy atom. The molecule has 0 unspecified atom stereocenters. The maximum atomic E-state index is 4.60. The molecule has 0 saturated carbocycles. The number of rotatable bonds is 5. The second-order valence-electron chi connectivity index (χ2n) is 6.29. The quantitative estimate of drug-likeness (QED) is 0.371. The Hall–Kier alpha value is -1.01. The summed E-state index contributed by atoms with van der Waals surface area (Å²) < 4.78 is 4.39. The molecule has 27 heavy (non-hydrogen) atoms. The highest BCUT2D eigenvalue weighted by Crippen LogP contribution is 2.19. The SMILES string of the molecule is CCc1nsc(N2CCN(C(=NC)NCCc3sc(C)nc3C)CC2)n1.I. The maximum absolute atomic E-state index is 4.60. The molecule has 1 saturated heterocycles. The summed E-state index contributed by atoms with van der Waals surface area (Å²) in [6, 6.07) is 0. The summed E-state index contributed by atoms with van der Waals surface area (Å²) in [7, 11) is 1.86. The van der Waals surface area contributed by atoms with Crippen LogP contribution in [0.4, 0.5) is 5.13 Å². The van der Waals surface area contributed by atoms with Crippen LogP contribution in [0.15, 0.2) is 4.99 Å². The minimum atomic E-state index is 0. The number of nitrogens with one attached hydrogen (secondary N) is 1. The van der Waals surface area contributed by atoms with Gasteiger partial charge in [-0.15, -0.1) is 35.3 Å². The van der Waals surface area contributed by atoms with Crippen LogP contribution < -0.4 is 10.2 Å². The van der Waals surface area contributed by atoms with E-state index in [0.29, 0.717) is 0 Å². The number of guanidine groups is 1. The summed E-state index contributed by atoms with van der Waals surface area (Å²) in [4.78, 5) is 19.6. The number of piperazine rings is 1. The molecule has 3 heterocycles. The fourth-order valence-corrected chi connectivity index (χ4v) is 4.79. The molecule has 0 amide bonds. The third kappa shape index (κ3) is 5.74. The summed E-state index contributed by atoms with van der Waals surface area (Å²) in [6.45, 7) is 10.9. The molecule has 0 spiro atoms. The van der Waals surface area contributed by atoms with Gasteiger partial charge in [0.1, 0.15) is 5.82 Å². The van der Waals surface area contributed by atoms with Crippen molar-refractivity contribution in [1.29, 1.82) is 0 Å². The van der Waals surface area contributed by atoms with Gasteiger partial charge in [0.15, 0.2) is 5.96 Å². The van der Waals surface area contributed by atoms with Gasteiger partial charge in [-0.25, -0.2) is 9.97 Å². The number of anilines is 1. The lowest BCUT2D eigenvalue weighted by atomic mass is 10.3. The van der Waals surface area contributed by atoms with Gasteiger partial charge in [-0.3, -0.25) is 4.99 Å². The number of halogens is 1. The van der Waals surface area contributed by atoms with Gasteiger partial charge in [0.25, 0.3) is 0 Å². The van der Waals surface area contributed by atoms with E-state index in [4.69, 9.17) is 0 Å². The van der Waals surface area contributed by atoms with Crippen molar-refractivity contribution in [1.82, 2.24) is 24.6 Å². The van der Waals surface area contributed by atoms with Crippen molar-refractivity contribution in [3.05, 3.63) is 21.4 Å². The fourth-order valence-electron chi connectivity index (χ4n) is 3.05. The molecule has 2 aromatic heterocycles. The van der Waals surface area contributed by atoms with E-state index in [2.05, 4.69) is 55.2 Å². The van der Waals surface area contributed by atoms with Crippen LogP contribution in [-0.2, 0) is 12.8 Å². The molecule has 2 aromatic rings. The van der Waals surface area contributed by atoms with E-state index in [1.54, 1.807) is 11.3 Å². The van der Waals surface area contributed by atoms with Gasteiger partial charge < -0.3 is 15.1 Å². The van der Waals surface area contributed by atoms with Crippen molar-refractivity contribution in [3.63, 3.8) is 0 Å². The van der Waals surface area contributed by atoms with Crippen molar-refractivity contribution in [2.24, 2.45) is 4.99 Å². The second kappa shape index (κ2) is 10.5. The molecule has 0 atom stereocenters. The molecule has 0 radical (unpaired) electrons. The zero-order valence-corrected chi connectivity index (χ0v) is 20.3. The summed E-state index contributed by atoms with van der Waals surface area (Å²) in [5.74, 6) is 1.92. The predicted octanol–water partition coefficient (Wildman–Crippen LogP) is 2.73. The highest BCUT2D eigenvalue weighted by atomic mass is 127. The molecule has 1 aliphatic heterocycles. The van der Waals surface area contributed by atoms with Gasteiger partial charge in [0, 0.05) is 69.0 Å². The Morgan fingerprint density at radius 2 is 1.93 bits per heavy atom. The minimum absolute atomic E-state index is 0. The van der Waals surface area contributed by atoms with Crippen LogP contribution in [-0.4, -0.2) is 65.0 Å². The normalized spacial score (nSPS) is 15.0. The van der Waals surface area contributed by atoms with Crippen LogP contribution in [0.2, 0.25) is 0 Å². The molecule has 1 aliphatic rings. The van der Waals surface area contributed by atoms with Crippen molar-refractivity contribution in [2.45, 2.75) is 33.6 Å². The molecular formula is C17H28IN7S2. The van der Waals surface area contributed by atoms with Gasteiger partial charge in [-0.1, -0.05) is 6.92 Å². The van der Waals surface area contributed by atoms with E-state index in [1.807, 2.05) is 7.05 Å². The number of aliphatic imine (C=N–C) groups is 1. The molecule has 0 aromatic carbocycles. The third-order valence-electron chi connectivity index (χ3n) is 4.47. The molecule has 10 heteroatoms. The highest BCUT2D eigenvalue weighted by Gasteiger charge is 2.22. The number of thiazole rings is 1. The summed E-state index contributed by atoms with van der Waals surface area (Å²) >= 11 is 3.29. The van der Waals surface area contributed by atoms with E-state index in [0.717, 1.165) is 73.2 Å². The molecule has 1 fully saturated rings. The van der Waals surface area contributed by atoms with E-state index < -0.39 is 0 Å². The fraction of sp³-hybridized carbons (Fsp3) is 0.647. The van der Waals surface area contributed by atoms with Gasteiger partial charge in [0.2, 0.25) is 5.13 Å². The average molecular weight is 521 g/mol. The first kappa shape index (κ1) is 22.3. The monoisotopic (exact) mass is 521 g/mol. The first-order chi connectivity index (χ1) is 12.6. The molecule has 0 aliphatic carbocycles. The van der Waals surface area contributed by atoms with Crippen LogP contribution in [0.25, 0.3) is 0 Å². The Bertz CT molecular complexity index is 750. The molecule has 0 bridgehead atoms. The molecule has 150 valence electrons. The van der Waals surface area contributed by atoms with Crippen LogP contribution >= 0.6 is 46.8 Å². The van der Waals surface area contributed by atoms with E-state index in [9.17, 15) is 0 Å². The van der Waals surface area contributed by atoms with E-state index in [1.165, 1.54) is 16.4 Å². The van der Waals surface area contributed by atoms with Gasteiger partial charge in [0.05, 0.1) is 10.7 Å². The number of hydrogen-bond donors (Lipinski definition) is 1. The van der Waals surface area contributed by atoms with E-state index >= 15 is 0 Å². The van der Waals surface area contributed by atoms with Crippen molar-refractivity contribution in [3.8, 4) is 0 Å². The topological polar surface area (TPSA) is 69.5 Å². The molecule has 7 nitrogen and oxygen atoms in total. The molecular weight excluding hydrogens is 493 g/mol. The van der Waals surface area contributed by atoms with Crippen molar-refractivity contribution < 1.29 is 0 Å². The maximum Gasteiger partial charge on any atom is 0.205 e. The van der Waals surface area contributed by atoms with Gasteiger partial charge in [-0.2, -0.15) is 4.37 Å². The molecule has 1 N–H and O–H groups in total. The van der Waals surface area contributed by atoms with Crippen molar-refractivity contribution >= 4 is 57.9 Å². The van der Waals surface area contributed by atoms with Gasteiger partial charge in [-0.05, 0) is 13.8 Å². The van der Waals surface area contributed by atoms with Crippen LogP contribution in [0.5, 0.6) is 0 Å². The Labute approximate surface area is 186 Å². The van der Waals surface area contributed by atoms with Crippen LogP contribution in [0, 0.1) is 13.8 Å². The Balaban J connectivity index is 0.00000261. The lowest BCUT2D eigenvalue weighted by Crippen LogP contribution is -2.52. The number of aromatic nitrogens is 3. The summed E-state index contributed by atoms with van der Waals surface area (Å²) in [6.07, 6.45) is 1.88. The van der Waals surface area contributed by atoms with Crippen LogP contribution in [0.3, 0.4) is 0 Å². The zero-order valence-electron chi connectivity index (χ0n) is 16.4. The summed E-state index contributed by atoms with van der Waals surface area (Å²) in [5, 5.41) is 5.68. The third-order valence-corrected chi connectivity index (χ3v) is 6.42. The molecule has 3 rings (SSSR count). The summed E-state index contributed by atoms with van der Waals surface area (Å²) in [5.41, 5.74) is 1.15. The number of aryl methyl sites for hydroxylation is 3. The zero-order chi connectivity index (χ0) is 18.5. The Morgan fingerprint density at radius 1 is 1.19 bits per heavy atom. The highest BCUT2D eigenvalue weighted by molar-refractivity contribution is 14.0. The standard InChI is InChI=1S/C17H27N7S2.HI/c1-5-15-21-17(26-22-15)24-10-8-23(9-11-24)16(18-4)19-7-6-14-12(2)20-13(3)25-14;/h5-11H2,1-4H3,(H,18,19);1H. The van der Waals surface area contributed by atoms with E-state index in [-0.39, 0.29) is 24.0 Å². The number of hydrogen-bond acceptors (Lipinski definition) is 7. The lowest BCUT2D eigenvalue weighted by molar-refractivity contribution is 0.372. The smallest absolute Gasteiger partial charge is 0.205 e. The van der Waals surface area contributed by atoms with Gasteiger partial charge >= 0.3 is 0 Å². The lowest BCUT2D eigenvalue weighted by Gasteiger charge is -2.36. The number of nitrogens with zero attached hydrogens (tertiary/aromatic N) is 6.